The van der Waals surface area contributed by atoms with Crippen LogP contribution in [0.4, 0.5) is 0 Å². The van der Waals surface area contributed by atoms with Crippen LogP contribution in [0.3, 0.4) is 0 Å². The maximum absolute atomic E-state index is 13.2. The van der Waals surface area contributed by atoms with Crippen molar-refractivity contribution in [2.45, 2.75) is 92.4 Å². The van der Waals surface area contributed by atoms with Gasteiger partial charge < -0.3 is 4.89 Å². The van der Waals surface area contributed by atoms with Crippen LogP contribution in [0.1, 0.15) is 82.1 Å². The van der Waals surface area contributed by atoms with Crippen LogP contribution in [-0.4, -0.2) is 15.2 Å². The Bertz CT molecular complexity index is 322. The normalized spacial score (nSPS) is 15.7. The molecule has 0 aromatic carbocycles. The van der Waals surface area contributed by atoms with Gasteiger partial charge in [0.2, 0.25) is 7.37 Å². The van der Waals surface area contributed by atoms with E-state index in [1.807, 2.05) is 27.7 Å². The van der Waals surface area contributed by atoms with Crippen LogP contribution < -0.4 is 0 Å². The standard InChI is InChI=1S/C16H35O2P/c1-13(2,3)11-15(7,8)19(17,18)16(9,10)12-14(4,5)6/h11-12H2,1-10H3,(H,17,18). The lowest BCUT2D eigenvalue weighted by atomic mass is 9.85. The van der Waals surface area contributed by atoms with E-state index in [1.165, 1.54) is 0 Å². The van der Waals surface area contributed by atoms with E-state index in [2.05, 4.69) is 41.5 Å². The van der Waals surface area contributed by atoms with Gasteiger partial charge in [-0.05, 0) is 23.7 Å². The second kappa shape index (κ2) is 5.19. The minimum absolute atomic E-state index is 0.0553. The average Bonchev–Trinajstić information content (AvgIpc) is 1.92. The van der Waals surface area contributed by atoms with Gasteiger partial charge in [-0.3, -0.25) is 4.57 Å². The smallest absolute Gasteiger partial charge is 0.211 e. The molecule has 0 unspecified atom stereocenters. The lowest BCUT2D eigenvalue weighted by Crippen LogP contribution is -2.38. The highest BCUT2D eigenvalue weighted by Gasteiger charge is 2.52. The van der Waals surface area contributed by atoms with Crippen LogP contribution in [0.25, 0.3) is 0 Å². The highest BCUT2D eigenvalue weighted by molar-refractivity contribution is 7.61. The highest BCUT2D eigenvalue weighted by atomic mass is 31.2. The predicted octanol–water partition coefficient (Wildman–Crippen LogP) is 5.69. The summed E-state index contributed by atoms with van der Waals surface area (Å²) in [4.78, 5) is 10.9. The van der Waals surface area contributed by atoms with Crippen LogP contribution in [-0.2, 0) is 4.57 Å². The molecule has 0 aliphatic rings. The molecule has 0 heterocycles. The Morgan fingerprint density at radius 2 is 0.895 bits per heavy atom. The molecule has 116 valence electrons. The van der Waals surface area contributed by atoms with Gasteiger partial charge in [0.05, 0.1) is 0 Å². The summed E-state index contributed by atoms with van der Waals surface area (Å²) in [7, 11) is -3.29. The van der Waals surface area contributed by atoms with Crippen molar-refractivity contribution < 1.29 is 9.46 Å². The van der Waals surface area contributed by atoms with Gasteiger partial charge in [-0.2, -0.15) is 0 Å². The quantitative estimate of drug-likeness (QED) is 0.676. The maximum atomic E-state index is 13.2. The minimum atomic E-state index is -3.29. The molecule has 0 atom stereocenters. The summed E-state index contributed by atoms with van der Waals surface area (Å²) < 4.78 is 13.2. The molecule has 0 bridgehead atoms. The second-order valence-corrected chi connectivity index (χ2v) is 13.2. The van der Waals surface area contributed by atoms with Crippen LogP contribution >= 0.6 is 7.37 Å². The Balaban J connectivity index is 5.41. The van der Waals surface area contributed by atoms with E-state index in [4.69, 9.17) is 0 Å². The van der Waals surface area contributed by atoms with Crippen molar-refractivity contribution in [3.8, 4) is 0 Å². The summed E-state index contributed by atoms with van der Waals surface area (Å²) in [5.41, 5.74) is 0.111. The topological polar surface area (TPSA) is 37.3 Å². The molecule has 0 aromatic heterocycles. The molecule has 0 saturated heterocycles. The molecule has 0 spiro atoms. The Morgan fingerprint density at radius 3 is 1.05 bits per heavy atom. The molecule has 0 saturated carbocycles. The Kier molecular flexibility index (Phi) is 5.24. The molecule has 0 fully saturated rings. The van der Waals surface area contributed by atoms with Gasteiger partial charge in [0.15, 0.2) is 0 Å². The van der Waals surface area contributed by atoms with Crippen LogP contribution in [0.5, 0.6) is 0 Å². The molecular weight excluding hydrogens is 255 g/mol. The minimum Gasteiger partial charge on any atom is -0.344 e. The third kappa shape index (κ3) is 5.23. The highest BCUT2D eigenvalue weighted by Crippen LogP contribution is 2.68. The van der Waals surface area contributed by atoms with Gasteiger partial charge in [0, 0.05) is 10.3 Å². The first kappa shape index (κ1) is 19.2. The second-order valence-electron chi connectivity index (χ2n) is 9.68. The van der Waals surface area contributed by atoms with Crippen molar-refractivity contribution in [1.29, 1.82) is 0 Å². The molecule has 0 aliphatic carbocycles. The fourth-order valence-electron chi connectivity index (χ4n) is 3.63. The zero-order valence-corrected chi connectivity index (χ0v) is 15.6. The lowest BCUT2D eigenvalue weighted by Gasteiger charge is -2.45. The zero-order chi connectivity index (χ0) is 15.9. The van der Waals surface area contributed by atoms with Gasteiger partial charge in [0.25, 0.3) is 0 Å². The molecule has 2 nitrogen and oxygen atoms in total. The van der Waals surface area contributed by atoms with Crippen molar-refractivity contribution in [3.63, 3.8) is 0 Å². The Hall–Kier alpha value is 0.190. The molecule has 0 aromatic rings. The summed E-state index contributed by atoms with van der Waals surface area (Å²) in [5.74, 6) is 0. The number of hydrogen-bond acceptors (Lipinski definition) is 1. The molecule has 0 aliphatic heterocycles. The Morgan fingerprint density at radius 1 is 0.684 bits per heavy atom. The van der Waals surface area contributed by atoms with Crippen molar-refractivity contribution in [3.05, 3.63) is 0 Å². The fraction of sp³-hybridized carbons (Fsp3) is 1.00. The summed E-state index contributed by atoms with van der Waals surface area (Å²) in [6.45, 7) is 20.6. The van der Waals surface area contributed by atoms with Crippen LogP contribution in [0.15, 0.2) is 0 Å². The van der Waals surface area contributed by atoms with Gasteiger partial charge in [-0.1, -0.05) is 69.2 Å². The lowest BCUT2D eigenvalue weighted by molar-refractivity contribution is 0.276. The molecule has 0 amide bonds. The van der Waals surface area contributed by atoms with E-state index in [1.54, 1.807) is 0 Å². The van der Waals surface area contributed by atoms with Crippen molar-refractivity contribution >= 4 is 7.37 Å². The van der Waals surface area contributed by atoms with Gasteiger partial charge in [-0.25, -0.2) is 0 Å². The van der Waals surface area contributed by atoms with Gasteiger partial charge in [-0.15, -0.1) is 0 Å². The van der Waals surface area contributed by atoms with Crippen molar-refractivity contribution in [2.24, 2.45) is 10.8 Å². The third-order valence-electron chi connectivity index (χ3n) is 3.57. The summed E-state index contributed by atoms with van der Waals surface area (Å²) in [5, 5.41) is -1.11. The van der Waals surface area contributed by atoms with Crippen molar-refractivity contribution in [1.82, 2.24) is 0 Å². The van der Waals surface area contributed by atoms with E-state index in [-0.39, 0.29) is 10.8 Å². The maximum Gasteiger partial charge on any atom is 0.211 e. The average molecular weight is 290 g/mol. The zero-order valence-electron chi connectivity index (χ0n) is 14.7. The SMILES string of the molecule is CC(C)(C)CC(C)(C)P(=O)(O)C(C)(C)CC(C)(C)C. The largest absolute Gasteiger partial charge is 0.344 e. The molecular formula is C16H35O2P. The number of hydrogen-bond donors (Lipinski definition) is 1. The van der Waals surface area contributed by atoms with Crippen molar-refractivity contribution in [2.75, 3.05) is 0 Å². The third-order valence-corrected chi connectivity index (χ3v) is 7.17. The first-order valence-corrected chi connectivity index (χ1v) is 8.90. The van der Waals surface area contributed by atoms with E-state index in [9.17, 15) is 9.46 Å². The molecule has 0 rings (SSSR count). The summed E-state index contributed by atoms with van der Waals surface area (Å²) >= 11 is 0. The molecule has 19 heavy (non-hydrogen) atoms. The summed E-state index contributed by atoms with van der Waals surface area (Å²) in [6, 6.07) is 0. The number of rotatable bonds is 4. The fourth-order valence-corrected chi connectivity index (χ4v) is 6.65. The molecule has 1 N–H and O–H groups in total. The predicted molar refractivity (Wildman–Crippen MR) is 86.1 cm³/mol. The van der Waals surface area contributed by atoms with Crippen LogP contribution in [0.2, 0.25) is 0 Å². The van der Waals surface area contributed by atoms with Gasteiger partial charge in [0.1, 0.15) is 0 Å². The first-order valence-electron chi connectivity index (χ1n) is 7.24. The van der Waals surface area contributed by atoms with E-state index in [0.717, 1.165) is 12.8 Å². The van der Waals surface area contributed by atoms with Gasteiger partial charge >= 0.3 is 0 Å². The van der Waals surface area contributed by atoms with E-state index >= 15 is 0 Å². The first-order chi connectivity index (χ1) is 7.91. The van der Waals surface area contributed by atoms with E-state index < -0.39 is 17.7 Å². The molecule has 0 radical (unpaired) electrons. The summed E-state index contributed by atoms with van der Waals surface area (Å²) in [6.07, 6.45) is 1.50. The van der Waals surface area contributed by atoms with E-state index in [0.29, 0.717) is 0 Å². The molecule has 3 heteroatoms. The monoisotopic (exact) mass is 290 g/mol. The van der Waals surface area contributed by atoms with Crippen LogP contribution in [0, 0.1) is 10.8 Å². The Labute approximate surface area is 120 Å².